The maximum atomic E-state index is 13.7. The number of halogens is 1. The number of hydrogen-bond donors (Lipinski definition) is 1. The van der Waals surface area contributed by atoms with Crippen molar-refractivity contribution in [3.05, 3.63) is 58.6 Å². The third kappa shape index (κ3) is 7.61. The summed E-state index contributed by atoms with van der Waals surface area (Å²) in [6.45, 7) is 7.04. The molecule has 1 N–H and O–H groups in total. The van der Waals surface area contributed by atoms with Crippen LogP contribution < -0.4 is 14.4 Å². The van der Waals surface area contributed by atoms with Gasteiger partial charge in [0, 0.05) is 17.6 Å². The Morgan fingerprint density at radius 3 is 2.25 bits per heavy atom. The van der Waals surface area contributed by atoms with Crippen LogP contribution in [0.25, 0.3) is 0 Å². The number of carbonyl (C=O) groups excluding carboxylic acids is 2. The van der Waals surface area contributed by atoms with E-state index in [1.165, 1.54) is 4.90 Å². The fourth-order valence-corrected chi connectivity index (χ4v) is 4.82. The number of benzene rings is 2. The highest BCUT2D eigenvalue weighted by molar-refractivity contribution is 7.92. The van der Waals surface area contributed by atoms with E-state index >= 15 is 0 Å². The Morgan fingerprint density at radius 1 is 1.08 bits per heavy atom. The highest BCUT2D eigenvalue weighted by Crippen LogP contribution is 2.28. The third-order valence-electron chi connectivity index (χ3n) is 6.09. The minimum atomic E-state index is -3.83. The maximum Gasteiger partial charge on any atom is 0.244 e. The molecule has 198 valence electrons. The molecular formula is C26H36ClN3O5S. The van der Waals surface area contributed by atoms with Crippen molar-refractivity contribution < 1.29 is 22.7 Å². The predicted molar refractivity (Wildman–Crippen MR) is 144 cm³/mol. The molecule has 0 aliphatic heterocycles. The standard InChI is InChI=1S/C26H36ClN3O5S/c1-7-18(3)28-26(32)23(8-2)29(16-20-12-14-21(35-5)15-13-20)25(31)17-30(36(6,33)34)24-11-9-10-22(27)19(24)4/h9-15,18,23H,7-8,16-17H2,1-6H3,(H,28,32)/t18-,23+/m0/s1. The van der Waals surface area contributed by atoms with Crippen molar-refractivity contribution in [2.45, 2.75) is 59.2 Å². The van der Waals surface area contributed by atoms with Crippen molar-refractivity contribution in [3.63, 3.8) is 0 Å². The molecule has 8 nitrogen and oxygen atoms in total. The first-order valence-electron chi connectivity index (χ1n) is 11.9. The van der Waals surface area contributed by atoms with Crippen LogP contribution in [0.4, 0.5) is 5.69 Å². The minimum absolute atomic E-state index is 0.0638. The molecule has 0 bridgehead atoms. The van der Waals surface area contributed by atoms with Crippen molar-refractivity contribution >= 4 is 39.1 Å². The number of carbonyl (C=O) groups is 2. The monoisotopic (exact) mass is 537 g/mol. The molecule has 10 heteroatoms. The van der Waals surface area contributed by atoms with Gasteiger partial charge in [-0.2, -0.15) is 0 Å². The summed E-state index contributed by atoms with van der Waals surface area (Å²) in [7, 11) is -2.27. The Hall–Kier alpha value is -2.78. The Labute approximate surface area is 219 Å². The zero-order valence-corrected chi connectivity index (χ0v) is 23.3. The van der Waals surface area contributed by atoms with Crippen LogP contribution in [0.1, 0.15) is 44.7 Å². The van der Waals surface area contributed by atoms with Gasteiger partial charge in [-0.1, -0.05) is 43.6 Å². The fraction of sp³-hybridized carbons (Fsp3) is 0.462. The third-order valence-corrected chi connectivity index (χ3v) is 7.62. The van der Waals surface area contributed by atoms with Crippen LogP contribution in [0.15, 0.2) is 42.5 Å². The SMILES string of the molecule is CC[C@H](C(=O)N[C@@H](C)CC)N(Cc1ccc(OC)cc1)C(=O)CN(c1cccc(Cl)c1C)S(C)(=O)=O. The molecular weight excluding hydrogens is 502 g/mol. The smallest absolute Gasteiger partial charge is 0.244 e. The van der Waals surface area contributed by atoms with Gasteiger partial charge < -0.3 is 15.0 Å². The molecule has 2 atom stereocenters. The number of hydrogen-bond acceptors (Lipinski definition) is 5. The molecule has 0 fully saturated rings. The van der Waals surface area contributed by atoms with Gasteiger partial charge in [0.1, 0.15) is 18.3 Å². The average molecular weight is 538 g/mol. The first kappa shape index (κ1) is 29.5. The molecule has 36 heavy (non-hydrogen) atoms. The number of nitrogens with one attached hydrogen (secondary N) is 1. The van der Waals surface area contributed by atoms with Gasteiger partial charge in [0.25, 0.3) is 0 Å². The molecule has 0 saturated heterocycles. The van der Waals surface area contributed by atoms with Crippen molar-refractivity contribution in [1.29, 1.82) is 0 Å². The first-order valence-corrected chi connectivity index (χ1v) is 14.1. The van der Waals surface area contributed by atoms with Gasteiger partial charge in [0.05, 0.1) is 19.1 Å². The van der Waals surface area contributed by atoms with Crippen LogP contribution in [0, 0.1) is 6.92 Å². The highest BCUT2D eigenvalue weighted by Gasteiger charge is 2.32. The van der Waals surface area contributed by atoms with Gasteiger partial charge in [-0.25, -0.2) is 8.42 Å². The second-order valence-corrected chi connectivity index (χ2v) is 11.1. The van der Waals surface area contributed by atoms with Crippen LogP contribution in [0.2, 0.25) is 5.02 Å². The average Bonchev–Trinajstić information content (AvgIpc) is 2.83. The van der Waals surface area contributed by atoms with Crippen LogP contribution in [0.5, 0.6) is 5.75 Å². The van der Waals surface area contributed by atoms with Gasteiger partial charge >= 0.3 is 0 Å². The summed E-state index contributed by atoms with van der Waals surface area (Å²) in [4.78, 5) is 28.3. The minimum Gasteiger partial charge on any atom is -0.497 e. The van der Waals surface area contributed by atoms with Gasteiger partial charge in [0.15, 0.2) is 0 Å². The van der Waals surface area contributed by atoms with Gasteiger partial charge in [-0.3, -0.25) is 13.9 Å². The normalized spacial score (nSPS) is 13.0. The molecule has 0 unspecified atom stereocenters. The number of sulfonamides is 1. The Balaban J connectivity index is 2.48. The number of nitrogens with zero attached hydrogens (tertiary/aromatic N) is 2. The lowest BCUT2D eigenvalue weighted by atomic mass is 10.1. The van der Waals surface area contributed by atoms with E-state index in [-0.39, 0.29) is 18.5 Å². The van der Waals surface area contributed by atoms with E-state index in [0.29, 0.717) is 28.4 Å². The van der Waals surface area contributed by atoms with E-state index in [4.69, 9.17) is 16.3 Å². The number of rotatable bonds is 12. The van der Waals surface area contributed by atoms with E-state index in [9.17, 15) is 18.0 Å². The van der Waals surface area contributed by atoms with E-state index in [1.807, 2.05) is 32.9 Å². The summed E-state index contributed by atoms with van der Waals surface area (Å²) in [5.41, 5.74) is 1.64. The summed E-state index contributed by atoms with van der Waals surface area (Å²) in [6, 6.07) is 11.2. The second-order valence-electron chi connectivity index (χ2n) is 8.77. The lowest BCUT2D eigenvalue weighted by molar-refractivity contribution is -0.140. The van der Waals surface area contributed by atoms with E-state index in [1.54, 1.807) is 44.4 Å². The van der Waals surface area contributed by atoms with Crippen molar-refractivity contribution in [2.75, 3.05) is 24.2 Å². The van der Waals surface area contributed by atoms with E-state index in [2.05, 4.69) is 5.32 Å². The number of amides is 2. The maximum absolute atomic E-state index is 13.7. The molecule has 2 rings (SSSR count). The summed E-state index contributed by atoms with van der Waals surface area (Å²) < 4.78 is 31.8. The highest BCUT2D eigenvalue weighted by atomic mass is 35.5. The zero-order chi connectivity index (χ0) is 27.0. The predicted octanol–water partition coefficient (Wildman–Crippen LogP) is 4.15. The lowest BCUT2D eigenvalue weighted by Crippen LogP contribution is -2.53. The molecule has 0 heterocycles. The van der Waals surface area contributed by atoms with Crippen molar-refractivity contribution in [3.8, 4) is 5.75 Å². The number of methoxy groups -OCH3 is 1. The van der Waals surface area contributed by atoms with E-state index < -0.39 is 28.5 Å². The van der Waals surface area contributed by atoms with Crippen molar-refractivity contribution in [1.82, 2.24) is 10.2 Å². The van der Waals surface area contributed by atoms with Crippen LogP contribution in [-0.2, 0) is 26.2 Å². The molecule has 0 radical (unpaired) electrons. The topological polar surface area (TPSA) is 96.0 Å². The Bertz CT molecular complexity index is 1150. The van der Waals surface area contributed by atoms with Gasteiger partial charge in [0.2, 0.25) is 21.8 Å². The zero-order valence-electron chi connectivity index (χ0n) is 21.7. The van der Waals surface area contributed by atoms with Gasteiger partial charge in [-0.15, -0.1) is 0 Å². The summed E-state index contributed by atoms with van der Waals surface area (Å²) in [5.74, 6) is -0.113. The summed E-state index contributed by atoms with van der Waals surface area (Å²) in [5, 5.41) is 3.34. The molecule has 0 aliphatic rings. The number of anilines is 1. The largest absolute Gasteiger partial charge is 0.497 e. The van der Waals surface area contributed by atoms with Crippen LogP contribution >= 0.6 is 11.6 Å². The Kier molecular flexibility index (Phi) is 10.6. The molecule has 2 amide bonds. The number of ether oxygens (including phenoxy) is 1. The van der Waals surface area contributed by atoms with E-state index in [0.717, 1.165) is 22.5 Å². The van der Waals surface area contributed by atoms with Crippen LogP contribution in [0.3, 0.4) is 0 Å². The lowest BCUT2D eigenvalue weighted by Gasteiger charge is -2.33. The second kappa shape index (κ2) is 13.0. The molecule has 0 aromatic heterocycles. The quantitative estimate of drug-likeness (QED) is 0.439. The molecule has 2 aromatic rings. The van der Waals surface area contributed by atoms with Crippen LogP contribution in [-0.4, -0.2) is 57.1 Å². The van der Waals surface area contributed by atoms with Crippen molar-refractivity contribution in [2.24, 2.45) is 0 Å². The summed E-state index contributed by atoms with van der Waals surface area (Å²) >= 11 is 6.24. The summed E-state index contributed by atoms with van der Waals surface area (Å²) in [6.07, 6.45) is 2.14. The molecule has 0 saturated carbocycles. The molecule has 0 spiro atoms. The van der Waals surface area contributed by atoms with Gasteiger partial charge in [-0.05, 0) is 62.1 Å². The fourth-order valence-electron chi connectivity index (χ4n) is 3.75. The Morgan fingerprint density at radius 2 is 1.72 bits per heavy atom. The molecule has 0 aliphatic carbocycles. The first-order chi connectivity index (χ1) is 16.9. The molecule has 2 aromatic carbocycles.